The highest BCUT2D eigenvalue weighted by Gasteiger charge is 2.25. The number of nitrogens with zero attached hydrogens (tertiary/aromatic N) is 1. The van der Waals surface area contributed by atoms with Gasteiger partial charge in [0.05, 0.1) is 4.90 Å². The number of cyclic esters (lactones) is 1. The first-order chi connectivity index (χ1) is 13.7. The third kappa shape index (κ3) is 4.99. The molecule has 1 aliphatic heterocycles. The van der Waals surface area contributed by atoms with E-state index in [1.165, 1.54) is 17.7 Å². The maximum absolute atomic E-state index is 12.2. The van der Waals surface area contributed by atoms with Gasteiger partial charge in [0, 0.05) is 11.6 Å². The predicted molar refractivity (Wildman–Crippen MR) is 113 cm³/mol. The Morgan fingerprint density at radius 1 is 0.966 bits per heavy atom. The number of hydrogen-bond donors (Lipinski definition) is 1. The Morgan fingerprint density at radius 2 is 1.59 bits per heavy atom. The summed E-state index contributed by atoms with van der Waals surface area (Å²) in [6.07, 6.45) is 1.67. The van der Waals surface area contributed by atoms with Gasteiger partial charge in [-0.2, -0.15) is 0 Å². The van der Waals surface area contributed by atoms with Crippen molar-refractivity contribution in [2.45, 2.75) is 44.6 Å². The van der Waals surface area contributed by atoms with Crippen molar-refractivity contribution in [3.05, 3.63) is 70.9 Å². The second-order valence-corrected chi connectivity index (χ2v) is 9.17. The van der Waals surface area contributed by atoms with Crippen molar-refractivity contribution in [1.29, 1.82) is 0 Å². The van der Waals surface area contributed by atoms with Crippen molar-refractivity contribution in [2.24, 2.45) is 4.99 Å². The quantitative estimate of drug-likeness (QED) is 0.577. The van der Waals surface area contributed by atoms with Gasteiger partial charge in [-0.25, -0.2) is 22.9 Å². The van der Waals surface area contributed by atoms with E-state index < -0.39 is 16.0 Å². The van der Waals surface area contributed by atoms with Gasteiger partial charge in [-0.15, -0.1) is 0 Å². The van der Waals surface area contributed by atoms with Crippen LogP contribution in [0.25, 0.3) is 6.08 Å². The first-order valence-corrected chi connectivity index (χ1v) is 10.9. The molecule has 1 heterocycles. The number of esters is 1. The number of ether oxygens (including phenoxy) is 1. The van der Waals surface area contributed by atoms with Crippen LogP contribution < -0.4 is 4.72 Å². The summed E-state index contributed by atoms with van der Waals surface area (Å²) in [7, 11) is -3.58. The Balaban J connectivity index is 1.82. The normalized spacial score (nSPS) is 15.9. The Morgan fingerprint density at radius 3 is 2.14 bits per heavy atom. The molecule has 7 heteroatoms. The van der Waals surface area contributed by atoms with Crippen molar-refractivity contribution in [3.8, 4) is 0 Å². The van der Waals surface area contributed by atoms with Crippen LogP contribution in [0.15, 0.2) is 64.1 Å². The zero-order valence-corrected chi connectivity index (χ0v) is 17.7. The van der Waals surface area contributed by atoms with E-state index in [9.17, 15) is 13.2 Å². The Labute approximate surface area is 171 Å². The van der Waals surface area contributed by atoms with Gasteiger partial charge in [-0.1, -0.05) is 38.1 Å². The molecular weight excluding hydrogens is 388 g/mol. The number of carbonyl (C=O) groups excluding carboxylic acids is 1. The van der Waals surface area contributed by atoms with Crippen LogP contribution in [0, 0.1) is 0 Å². The number of benzene rings is 2. The molecule has 0 aromatic heterocycles. The summed E-state index contributed by atoms with van der Waals surface area (Å²) in [5.74, 6) is 0.0484. The molecule has 1 N–H and O–H groups in total. The highest BCUT2D eigenvalue weighted by molar-refractivity contribution is 7.89. The first-order valence-electron chi connectivity index (χ1n) is 9.41. The van der Waals surface area contributed by atoms with Crippen LogP contribution in [0.1, 0.15) is 50.3 Å². The first kappa shape index (κ1) is 21.0. The van der Waals surface area contributed by atoms with Crippen LogP contribution in [0.2, 0.25) is 0 Å². The van der Waals surface area contributed by atoms with Crippen molar-refractivity contribution in [3.63, 3.8) is 0 Å². The number of rotatable bonds is 6. The molecule has 0 radical (unpaired) electrons. The molecule has 0 fully saturated rings. The molecule has 2 aromatic rings. The molecule has 0 atom stereocenters. The van der Waals surface area contributed by atoms with Gasteiger partial charge in [-0.3, -0.25) is 0 Å². The van der Waals surface area contributed by atoms with Gasteiger partial charge in [0.25, 0.3) is 0 Å². The Hall–Kier alpha value is -2.77. The molecular formula is C22H24N2O4S. The van der Waals surface area contributed by atoms with Crippen LogP contribution in [0.5, 0.6) is 0 Å². The molecule has 0 unspecified atom stereocenters. The molecule has 29 heavy (non-hydrogen) atoms. The van der Waals surface area contributed by atoms with E-state index in [-0.39, 0.29) is 22.5 Å². The SMILES string of the molecule is CC(C)NS(=O)(=O)c1ccc(C2=N/C(=C\c3ccc(C(C)C)cc3)C(=O)O2)cc1. The number of aliphatic imine (C=N–C) groups is 1. The lowest BCUT2D eigenvalue weighted by molar-refractivity contribution is -0.129. The summed E-state index contributed by atoms with van der Waals surface area (Å²) < 4.78 is 32.2. The van der Waals surface area contributed by atoms with Crippen molar-refractivity contribution in [2.75, 3.05) is 0 Å². The molecule has 0 saturated heterocycles. The van der Waals surface area contributed by atoms with E-state index in [1.807, 2.05) is 24.3 Å². The third-order valence-corrected chi connectivity index (χ3v) is 6.00. The van der Waals surface area contributed by atoms with Crippen molar-refractivity contribution < 1.29 is 17.9 Å². The smallest absolute Gasteiger partial charge is 0.363 e. The highest BCUT2D eigenvalue weighted by atomic mass is 32.2. The molecule has 6 nitrogen and oxygen atoms in total. The van der Waals surface area contributed by atoms with Crippen LogP contribution in [-0.2, 0) is 19.6 Å². The molecule has 0 amide bonds. The molecule has 2 aromatic carbocycles. The monoisotopic (exact) mass is 412 g/mol. The molecule has 0 saturated carbocycles. The van der Waals surface area contributed by atoms with Gasteiger partial charge in [0.15, 0.2) is 5.70 Å². The third-order valence-electron chi connectivity index (χ3n) is 4.33. The largest absolute Gasteiger partial charge is 0.402 e. The lowest BCUT2D eigenvalue weighted by Gasteiger charge is -2.09. The molecule has 0 bridgehead atoms. The van der Waals surface area contributed by atoms with Crippen molar-refractivity contribution >= 4 is 28.0 Å². The number of nitrogens with one attached hydrogen (secondary N) is 1. The predicted octanol–water partition coefficient (Wildman–Crippen LogP) is 3.84. The summed E-state index contributed by atoms with van der Waals surface area (Å²) >= 11 is 0. The minimum Gasteiger partial charge on any atom is -0.402 e. The Kier molecular flexibility index (Phi) is 6.00. The topological polar surface area (TPSA) is 84.8 Å². The maximum atomic E-state index is 12.2. The van der Waals surface area contributed by atoms with E-state index in [0.29, 0.717) is 11.5 Å². The summed E-state index contributed by atoms with van der Waals surface area (Å²) in [5, 5.41) is 0. The van der Waals surface area contributed by atoms with Gasteiger partial charge in [0.2, 0.25) is 15.9 Å². The highest BCUT2D eigenvalue weighted by Crippen LogP contribution is 2.22. The number of hydrogen-bond acceptors (Lipinski definition) is 5. The summed E-state index contributed by atoms with van der Waals surface area (Å²) in [4.78, 5) is 16.6. The zero-order valence-electron chi connectivity index (χ0n) is 16.8. The number of carbonyl (C=O) groups is 1. The lowest BCUT2D eigenvalue weighted by Crippen LogP contribution is -2.30. The van der Waals surface area contributed by atoms with Gasteiger partial charge in [-0.05, 0) is 61.2 Å². The van der Waals surface area contributed by atoms with Crippen LogP contribution in [-0.4, -0.2) is 26.3 Å². The Bertz CT molecular complexity index is 1060. The van der Waals surface area contributed by atoms with Crippen molar-refractivity contribution in [1.82, 2.24) is 4.72 Å². The van der Waals surface area contributed by atoms with E-state index in [4.69, 9.17) is 4.74 Å². The fourth-order valence-corrected chi connectivity index (χ4v) is 4.07. The second-order valence-electron chi connectivity index (χ2n) is 7.46. The van der Waals surface area contributed by atoms with Crippen LogP contribution in [0.4, 0.5) is 0 Å². The maximum Gasteiger partial charge on any atom is 0.363 e. The standard InChI is InChI=1S/C22H24N2O4S/c1-14(2)17-7-5-16(6-8-17)13-20-22(25)28-21(23-20)18-9-11-19(12-10-18)29(26,27)24-15(3)4/h5-15,24H,1-4H3/b20-13-. The van der Waals surface area contributed by atoms with Gasteiger partial charge in [0.1, 0.15) is 0 Å². The van der Waals surface area contributed by atoms with Crippen LogP contribution in [0.3, 0.4) is 0 Å². The van der Waals surface area contributed by atoms with Gasteiger partial charge >= 0.3 is 5.97 Å². The summed E-state index contributed by atoms with van der Waals surface area (Å²) in [6, 6.07) is 13.8. The lowest BCUT2D eigenvalue weighted by atomic mass is 10.0. The molecule has 0 spiro atoms. The molecule has 1 aliphatic rings. The average Bonchev–Trinajstić information content (AvgIpc) is 3.02. The van der Waals surface area contributed by atoms with E-state index in [0.717, 1.165) is 5.56 Å². The average molecular weight is 413 g/mol. The second kappa shape index (κ2) is 8.31. The van der Waals surface area contributed by atoms with E-state index in [1.54, 1.807) is 32.1 Å². The summed E-state index contributed by atoms with van der Waals surface area (Å²) in [6.45, 7) is 7.74. The fourth-order valence-electron chi connectivity index (χ4n) is 2.82. The van der Waals surface area contributed by atoms with E-state index >= 15 is 0 Å². The zero-order chi connectivity index (χ0) is 21.2. The minimum atomic E-state index is -3.58. The van der Waals surface area contributed by atoms with Crippen LogP contribution >= 0.6 is 0 Å². The summed E-state index contributed by atoms with van der Waals surface area (Å²) in [5.41, 5.74) is 2.80. The fraction of sp³-hybridized carbons (Fsp3) is 0.273. The molecule has 0 aliphatic carbocycles. The minimum absolute atomic E-state index is 0.140. The van der Waals surface area contributed by atoms with Gasteiger partial charge < -0.3 is 4.74 Å². The molecule has 3 rings (SSSR count). The molecule has 152 valence electrons. The van der Waals surface area contributed by atoms with E-state index in [2.05, 4.69) is 23.6 Å². The number of sulfonamides is 1.